The number of carboxylic acids is 1. The standard InChI is InChI=1S/C36H47IN10O6/c1-21(48)44-27(8-4-16-42-35(38)39)31(49)45-28(9-5-17-43-36(40)41)32(50)46-29(19-22-11-14-26(37)15-12-22)33(51)47-30(34(52)53)20-23-10-13-24-6-2-3-7-25(24)18-23/h2-3,6-7,10-15,18,27-30H,4-5,8-9,16-17,19-20H2,1H3,(H,44,48)(H,45,49)(H,46,50)(H,47,51)(H,52,53)(H4,38,39,42)(H4,40,41,43)/t27-,28-,29+,30+/m0/s1. The number of guanidine groups is 2. The van der Waals surface area contributed by atoms with Crippen LogP contribution in [0.15, 0.2) is 76.7 Å². The van der Waals surface area contributed by atoms with Gasteiger partial charge in [-0.2, -0.15) is 0 Å². The average Bonchev–Trinajstić information content (AvgIpc) is 3.10. The number of aliphatic imine (C=N–C) groups is 2. The molecule has 0 heterocycles. The van der Waals surface area contributed by atoms with Crippen LogP contribution < -0.4 is 44.2 Å². The van der Waals surface area contributed by atoms with E-state index in [1.165, 1.54) is 6.92 Å². The number of carbonyl (C=O) groups excluding carboxylic acids is 4. The molecule has 0 aliphatic rings. The second-order valence-corrected chi connectivity index (χ2v) is 13.6. The maximum absolute atomic E-state index is 13.9. The Morgan fingerprint density at radius 2 is 1.11 bits per heavy atom. The fourth-order valence-corrected chi connectivity index (χ4v) is 5.83. The van der Waals surface area contributed by atoms with Gasteiger partial charge in [-0.15, -0.1) is 0 Å². The fourth-order valence-electron chi connectivity index (χ4n) is 5.47. The molecule has 53 heavy (non-hydrogen) atoms. The molecule has 0 spiro atoms. The van der Waals surface area contributed by atoms with Gasteiger partial charge in [-0.3, -0.25) is 29.2 Å². The zero-order valence-corrected chi connectivity index (χ0v) is 31.5. The van der Waals surface area contributed by atoms with Crippen molar-refractivity contribution < 1.29 is 29.1 Å². The Kier molecular flexibility index (Phi) is 16.7. The van der Waals surface area contributed by atoms with Crippen LogP contribution in [0.3, 0.4) is 0 Å². The highest BCUT2D eigenvalue weighted by Gasteiger charge is 2.31. The fraction of sp³-hybridized carbons (Fsp3) is 0.361. The summed E-state index contributed by atoms with van der Waals surface area (Å²) in [5.41, 5.74) is 23.1. The molecule has 0 aromatic heterocycles. The van der Waals surface area contributed by atoms with Gasteiger partial charge in [0, 0.05) is 36.4 Å². The predicted molar refractivity (Wildman–Crippen MR) is 211 cm³/mol. The highest BCUT2D eigenvalue weighted by atomic mass is 127. The van der Waals surface area contributed by atoms with Gasteiger partial charge in [-0.1, -0.05) is 54.6 Å². The summed E-state index contributed by atoms with van der Waals surface area (Å²) in [6.07, 6.45) is 0.854. The quantitative estimate of drug-likeness (QED) is 0.0326. The van der Waals surface area contributed by atoms with E-state index < -0.39 is 53.8 Å². The minimum atomic E-state index is -1.31. The molecule has 3 aromatic carbocycles. The third-order valence-electron chi connectivity index (χ3n) is 8.07. The maximum Gasteiger partial charge on any atom is 0.326 e. The Balaban J connectivity index is 1.86. The van der Waals surface area contributed by atoms with E-state index in [4.69, 9.17) is 22.9 Å². The van der Waals surface area contributed by atoms with Crippen LogP contribution in [0.2, 0.25) is 0 Å². The number of halogens is 1. The number of hydrogen-bond acceptors (Lipinski definition) is 7. The van der Waals surface area contributed by atoms with E-state index in [1.54, 1.807) is 18.2 Å². The van der Waals surface area contributed by atoms with Crippen LogP contribution in [0.25, 0.3) is 10.8 Å². The lowest BCUT2D eigenvalue weighted by Gasteiger charge is -2.26. The summed E-state index contributed by atoms with van der Waals surface area (Å²) < 4.78 is 0.952. The highest BCUT2D eigenvalue weighted by molar-refractivity contribution is 14.1. The van der Waals surface area contributed by atoms with Crippen molar-refractivity contribution in [2.75, 3.05) is 13.1 Å². The number of amides is 4. The topological polar surface area (TPSA) is 282 Å². The van der Waals surface area contributed by atoms with Crippen molar-refractivity contribution in [3.8, 4) is 0 Å². The molecule has 0 aliphatic carbocycles. The molecule has 17 heteroatoms. The number of rotatable bonds is 20. The maximum atomic E-state index is 13.9. The molecule has 0 bridgehead atoms. The molecule has 3 aromatic rings. The number of fused-ring (bicyclic) bond motifs is 1. The number of hydrogen-bond donors (Lipinski definition) is 9. The van der Waals surface area contributed by atoms with Crippen LogP contribution in [-0.2, 0) is 36.8 Å². The summed E-state index contributed by atoms with van der Waals surface area (Å²) in [6.45, 7) is 1.62. The first-order valence-electron chi connectivity index (χ1n) is 17.0. The van der Waals surface area contributed by atoms with E-state index in [2.05, 4.69) is 53.8 Å². The Bertz CT molecular complexity index is 1790. The normalized spacial score (nSPS) is 13.0. The van der Waals surface area contributed by atoms with Gasteiger partial charge >= 0.3 is 5.97 Å². The zero-order chi connectivity index (χ0) is 38.9. The van der Waals surface area contributed by atoms with Gasteiger partial charge in [-0.25, -0.2) is 4.79 Å². The molecule has 284 valence electrons. The Hall–Kier alpha value is -5.46. The molecule has 0 saturated carbocycles. The van der Waals surface area contributed by atoms with Gasteiger partial charge in [-0.05, 0) is 82.3 Å². The van der Waals surface area contributed by atoms with Crippen LogP contribution in [-0.4, -0.2) is 83.9 Å². The molecule has 0 aliphatic heterocycles. The largest absolute Gasteiger partial charge is 0.480 e. The SMILES string of the molecule is CC(=O)N[C@@H](CCCN=C(N)N)C(=O)N[C@@H](CCCN=C(N)N)C(=O)N[C@H](Cc1ccc(I)cc1)C(=O)N[C@H](Cc1ccc2ccccc2c1)C(=O)O. The molecule has 0 radical (unpaired) electrons. The lowest BCUT2D eigenvalue weighted by Crippen LogP contribution is -2.58. The number of nitrogens with zero attached hydrogens (tertiary/aromatic N) is 2. The van der Waals surface area contributed by atoms with Gasteiger partial charge in [0.2, 0.25) is 23.6 Å². The summed E-state index contributed by atoms with van der Waals surface area (Å²) >= 11 is 2.14. The van der Waals surface area contributed by atoms with E-state index in [9.17, 15) is 29.1 Å². The van der Waals surface area contributed by atoms with Crippen molar-refractivity contribution in [1.29, 1.82) is 0 Å². The first-order chi connectivity index (χ1) is 25.2. The molecule has 13 N–H and O–H groups in total. The van der Waals surface area contributed by atoms with E-state index in [1.807, 2.05) is 48.5 Å². The second-order valence-electron chi connectivity index (χ2n) is 12.4. The number of carboxylic acid groups (broad SMARTS) is 1. The number of nitrogens with one attached hydrogen (secondary N) is 4. The first kappa shape index (κ1) is 42.0. The molecule has 0 fully saturated rings. The Morgan fingerprint density at radius 1 is 0.642 bits per heavy atom. The van der Waals surface area contributed by atoms with Crippen molar-refractivity contribution in [2.45, 2.75) is 69.6 Å². The van der Waals surface area contributed by atoms with Crippen molar-refractivity contribution in [2.24, 2.45) is 32.9 Å². The van der Waals surface area contributed by atoms with E-state index in [-0.39, 0.29) is 57.1 Å². The van der Waals surface area contributed by atoms with Gasteiger partial charge in [0.05, 0.1) is 0 Å². The molecular weight excluding hydrogens is 795 g/mol. The van der Waals surface area contributed by atoms with Crippen LogP contribution in [0.4, 0.5) is 0 Å². The molecule has 16 nitrogen and oxygen atoms in total. The van der Waals surface area contributed by atoms with Crippen molar-refractivity contribution in [3.05, 3.63) is 81.4 Å². The summed E-state index contributed by atoms with van der Waals surface area (Å²) in [5, 5.41) is 22.6. The number of benzene rings is 3. The van der Waals surface area contributed by atoms with Gasteiger partial charge in [0.25, 0.3) is 0 Å². The van der Waals surface area contributed by atoms with E-state index in [0.29, 0.717) is 17.5 Å². The average molecular weight is 843 g/mol. The molecule has 3 rings (SSSR count). The molecule has 4 atom stereocenters. The summed E-state index contributed by atoms with van der Waals surface area (Å²) in [6, 6.07) is 15.7. The van der Waals surface area contributed by atoms with Crippen LogP contribution in [0.1, 0.15) is 43.7 Å². The minimum Gasteiger partial charge on any atom is -0.480 e. The van der Waals surface area contributed by atoms with Crippen LogP contribution in [0, 0.1) is 3.57 Å². The molecular formula is C36H47IN10O6. The predicted octanol–water partition coefficient (Wildman–Crippen LogP) is 0.381. The summed E-state index contributed by atoms with van der Waals surface area (Å²) in [4.78, 5) is 73.5. The van der Waals surface area contributed by atoms with Crippen LogP contribution >= 0.6 is 22.6 Å². The Labute approximate surface area is 321 Å². The van der Waals surface area contributed by atoms with Crippen LogP contribution in [0.5, 0.6) is 0 Å². The van der Waals surface area contributed by atoms with E-state index >= 15 is 0 Å². The highest BCUT2D eigenvalue weighted by Crippen LogP contribution is 2.17. The zero-order valence-electron chi connectivity index (χ0n) is 29.4. The third kappa shape index (κ3) is 15.0. The minimum absolute atomic E-state index is 0.00665. The van der Waals surface area contributed by atoms with Gasteiger partial charge in [0.1, 0.15) is 24.2 Å². The monoisotopic (exact) mass is 842 g/mol. The molecule has 0 saturated heterocycles. The Morgan fingerprint density at radius 3 is 1.66 bits per heavy atom. The molecule has 4 amide bonds. The first-order valence-corrected chi connectivity index (χ1v) is 18.0. The third-order valence-corrected chi connectivity index (χ3v) is 8.79. The number of carbonyl (C=O) groups is 5. The van der Waals surface area contributed by atoms with Crippen molar-refractivity contribution in [1.82, 2.24) is 21.3 Å². The smallest absolute Gasteiger partial charge is 0.326 e. The number of aliphatic carboxylic acids is 1. The number of nitrogens with two attached hydrogens (primary N) is 4. The lowest BCUT2D eigenvalue weighted by molar-refractivity contribution is -0.142. The second kappa shape index (κ2) is 21.2. The van der Waals surface area contributed by atoms with Crippen molar-refractivity contribution >= 4 is 74.9 Å². The van der Waals surface area contributed by atoms with Gasteiger partial charge in [0.15, 0.2) is 11.9 Å². The lowest BCUT2D eigenvalue weighted by atomic mass is 10.00. The summed E-state index contributed by atoms with van der Waals surface area (Å²) in [5.74, 6) is -4.07. The molecule has 0 unspecified atom stereocenters. The van der Waals surface area contributed by atoms with Gasteiger partial charge < -0.3 is 49.3 Å². The summed E-state index contributed by atoms with van der Waals surface area (Å²) in [7, 11) is 0. The van der Waals surface area contributed by atoms with E-state index in [0.717, 1.165) is 14.3 Å². The van der Waals surface area contributed by atoms with Crippen molar-refractivity contribution in [3.63, 3.8) is 0 Å².